The average Bonchev–Trinajstić information content (AvgIpc) is 3.32. The Labute approximate surface area is 151 Å². The SMILES string of the molecule is Cc1cccc(N2C(=O)C(c3cccs3)=C(N3CCCC3)C2=O)c1C. The van der Waals surface area contributed by atoms with E-state index in [1.165, 1.54) is 16.2 Å². The van der Waals surface area contributed by atoms with Crippen LogP contribution >= 0.6 is 11.3 Å². The third-order valence-electron chi connectivity index (χ3n) is 5.07. The van der Waals surface area contributed by atoms with Crippen molar-refractivity contribution in [3.8, 4) is 0 Å². The quantitative estimate of drug-likeness (QED) is 0.790. The Morgan fingerprint density at radius 3 is 2.40 bits per heavy atom. The Balaban J connectivity index is 1.86. The van der Waals surface area contributed by atoms with Gasteiger partial charge in [-0.3, -0.25) is 9.59 Å². The Hall–Kier alpha value is -2.40. The van der Waals surface area contributed by atoms with Crippen molar-refractivity contribution in [2.45, 2.75) is 26.7 Å². The first-order valence-corrected chi connectivity index (χ1v) is 9.45. The Morgan fingerprint density at radius 2 is 1.72 bits per heavy atom. The van der Waals surface area contributed by atoms with E-state index in [9.17, 15) is 9.59 Å². The minimum Gasteiger partial charge on any atom is -0.366 e. The van der Waals surface area contributed by atoms with Gasteiger partial charge in [0, 0.05) is 18.0 Å². The predicted molar refractivity (Wildman–Crippen MR) is 100 cm³/mol. The second-order valence-electron chi connectivity index (χ2n) is 6.56. The summed E-state index contributed by atoms with van der Waals surface area (Å²) in [6.07, 6.45) is 2.12. The lowest BCUT2D eigenvalue weighted by Gasteiger charge is -2.21. The summed E-state index contributed by atoms with van der Waals surface area (Å²) in [6.45, 7) is 5.64. The number of aryl methyl sites for hydroxylation is 1. The average molecular weight is 352 g/mol. The molecule has 4 nitrogen and oxygen atoms in total. The van der Waals surface area contributed by atoms with Crippen LogP contribution in [0.2, 0.25) is 0 Å². The van der Waals surface area contributed by atoms with Gasteiger partial charge < -0.3 is 4.90 Å². The van der Waals surface area contributed by atoms with E-state index in [-0.39, 0.29) is 11.8 Å². The number of imide groups is 1. The van der Waals surface area contributed by atoms with Crippen molar-refractivity contribution in [2.24, 2.45) is 0 Å². The summed E-state index contributed by atoms with van der Waals surface area (Å²) in [5.41, 5.74) is 3.87. The molecule has 0 spiro atoms. The maximum Gasteiger partial charge on any atom is 0.282 e. The molecule has 3 heterocycles. The number of nitrogens with zero attached hydrogens (tertiary/aromatic N) is 2. The molecule has 1 fully saturated rings. The van der Waals surface area contributed by atoms with Crippen molar-refractivity contribution in [2.75, 3.05) is 18.0 Å². The molecule has 5 heteroatoms. The lowest BCUT2D eigenvalue weighted by molar-refractivity contribution is -0.120. The fourth-order valence-electron chi connectivity index (χ4n) is 3.59. The molecule has 1 aromatic carbocycles. The van der Waals surface area contributed by atoms with Gasteiger partial charge in [0.2, 0.25) is 0 Å². The zero-order valence-corrected chi connectivity index (χ0v) is 15.2. The van der Waals surface area contributed by atoms with Crippen LogP contribution in [0.15, 0.2) is 41.4 Å². The molecule has 1 saturated heterocycles. The van der Waals surface area contributed by atoms with Crippen LogP contribution in [0.3, 0.4) is 0 Å². The molecule has 128 valence electrons. The molecule has 4 rings (SSSR count). The van der Waals surface area contributed by atoms with Gasteiger partial charge in [-0.05, 0) is 55.3 Å². The third-order valence-corrected chi connectivity index (χ3v) is 5.95. The van der Waals surface area contributed by atoms with Crippen LogP contribution in [0.5, 0.6) is 0 Å². The number of likely N-dealkylation sites (tertiary alicyclic amines) is 1. The Bertz CT molecular complexity index is 877. The van der Waals surface area contributed by atoms with Crippen LogP contribution in [0.1, 0.15) is 28.8 Å². The first-order valence-electron chi connectivity index (χ1n) is 8.57. The number of carbonyl (C=O) groups is 2. The van der Waals surface area contributed by atoms with Crippen LogP contribution in [0, 0.1) is 13.8 Å². The summed E-state index contributed by atoms with van der Waals surface area (Å²) in [4.78, 5) is 30.9. The first-order chi connectivity index (χ1) is 12.1. The molecule has 0 unspecified atom stereocenters. The fraction of sp³-hybridized carbons (Fsp3) is 0.300. The van der Waals surface area contributed by atoms with E-state index in [0.717, 1.165) is 41.9 Å². The number of rotatable bonds is 3. The van der Waals surface area contributed by atoms with Gasteiger partial charge in [0.25, 0.3) is 11.8 Å². The van der Waals surface area contributed by atoms with E-state index in [1.807, 2.05) is 49.6 Å². The number of carbonyl (C=O) groups excluding carboxylic acids is 2. The number of anilines is 1. The van der Waals surface area contributed by atoms with Crippen LogP contribution in [0.25, 0.3) is 5.57 Å². The molecule has 25 heavy (non-hydrogen) atoms. The molecule has 0 saturated carbocycles. The second-order valence-corrected chi connectivity index (χ2v) is 7.51. The lowest BCUT2D eigenvalue weighted by atomic mass is 10.1. The highest BCUT2D eigenvalue weighted by Gasteiger charge is 2.43. The van der Waals surface area contributed by atoms with Crippen LogP contribution in [0.4, 0.5) is 5.69 Å². The van der Waals surface area contributed by atoms with Gasteiger partial charge in [-0.1, -0.05) is 18.2 Å². The number of benzene rings is 1. The first kappa shape index (κ1) is 16.1. The molecule has 0 radical (unpaired) electrons. The van der Waals surface area contributed by atoms with Gasteiger partial charge in [-0.2, -0.15) is 0 Å². The number of amides is 2. The lowest BCUT2D eigenvalue weighted by Crippen LogP contribution is -2.35. The summed E-state index contributed by atoms with van der Waals surface area (Å²) >= 11 is 1.51. The molecule has 2 amide bonds. The minimum absolute atomic E-state index is 0.191. The zero-order chi connectivity index (χ0) is 17.6. The van der Waals surface area contributed by atoms with Crippen LogP contribution < -0.4 is 4.90 Å². The van der Waals surface area contributed by atoms with Crippen LogP contribution in [-0.4, -0.2) is 29.8 Å². The highest BCUT2D eigenvalue weighted by atomic mass is 32.1. The van der Waals surface area contributed by atoms with Crippen molar-refractivity contribution in [1.82, 2.24) is 4.90 Å². The molecular formula is C20H20N2O2S. The predicted octanol–water partition coefficient (Wildman–Crippen LogP) is 3.75. The summed E-state index contributed by atoms with van der Waals surface area (Å²) in [6, 6.07) is 9.60. The number of hydrogen-bond acceptors (Lipinski definition) is 4. The molecule has 0 atom stereocenters. The smallest absolute Gasteiger partial charge is 0.282 e. The summed E-state index contributed by atoms with van der Waals surface area (Å²) < 4.78 is 0. The van der Waals surface area contributed by atoms with Gasteiger partial charge in [-0.25, -0.2) is 4.90 Å². The van der Waals surface area contributed by atoms with Crippen LogP contribution in [-0.2, 0) is 9.59 Å². The molecular weight excluding hydrogens is 332 g/mol. The summed E-state index contributed by atoms with van der Waals surface area (Å²) in [5.74, 6) is -0.396. The maximum absolute atomic E-state index is 13.3. The molecule has 2 aliphatic rings. The largest absolute Gasteiger partial charge is 0.366 e. The topological polar surface area (TPSA) is 40.6 Å². The van der Waals surface area contributed by atoms with Gasteiger partial charge in [0.15, 0.2) is 0 Å². The number of hydrogen-bond donors (Lipinski definition) is 0. The summed E-state index contributed by atoms with van der Waals surface area (Å²) in [7, 11) is 0. The van der Waals surface area contributed by atoms with Crippen molar-refractivity contribution < 1.29 is 9.59 Å². The van der Waals surface area contributed by atoms with Gasteiger partial charge in [0.1, 0.15) is 5.70 Å². The second kappa shape index (κ2) is 6.15. The van der Waals surface area contributed by atoms with E-state index in [4.69, 9.17) is 0 Å². The van der Waals surface area contributed by atoms with E-state index in [2.05, 4.69) is 4.90 Å². The van der Waals surface area contributed by atoms with E-state index in [1.54, 1.807) is 0 Å². The monoisotopic (exact) mass is 352 g/mol. The standard InChI is InChI=1S/C20H20N2O2S/c1-13-7-5-8-15(14(13)2)22-19(23)17(16-9-6-12-25-16)18(20(22)24)21-10-3-4-11-21/h5-9,12H,3-4,10-11H2,1-2H3. The fourth-order valence-corrected chi connectivity index (χ4v) is 4.35. The molecule has 2 aromatic rings. The highest BCUT2D eigenvalue weighted by molar-refractivity contribution is 7.11. The van der Waals surface area contributed by atoms with E-state index in [0.29, 0.717) is 17.0 Å². The van der Waals surface area contributed by atoms with Gasteiger partial charge in [-0.15, -0.1) is 11.3 Å². The summed E-state index contributed by atoms with van der Waals surface area (Å²) in [5, 5.41) is 1.95. The molecule has 2 aliphatic heterocycles. The Morgan fingerprint density at radius 1 is 0.960 bits per heavy atom. The molecule has 0 bridgehead atoms. The maximum atomic E-state index is 13.3. The van der Waals surface area contributed by atoms with Gasteiger partial charge >= 0.3 is 0 Å². The van der Waals surface area contributed by atoms with E-state index < -0.39 is 0 Å². The highest BCUT2D eigenvalue weighted by Crippen LogP contribution is 2.38. The van der Waals surface area contributed by atoms with Crippen molar-refractivity contribution in [3.63, 3.8) is 0 Å². The molecule has 1 aromatic heterocycles. The van der Waals surface area contributed by atoms with Crippen molar-refractivity contribution in [3.05, 3.63) is 57.4 Å². The molecule has 0 aliphatic carbocycles. The van der Waals surface area contributed by atoms with Gasteiger partial charge in [0.05, 0.1) is 11.3 Å². The third kappa shape index (κ3) is 2.50. The normalized spacial score (nSPS) is 18.0. The minimum atomic E-state index is -0.206. The van der Waals surface area contributed by atoms with E-state index >= 15 is 0 Å². The molecule has 0 N–H and O–H groups in total. The zero-order valence-electron chi connectivity index (χ0n) is 14.4. The van der Waals surface area contributed by atoms with Crippen molar-refractivity contribution >= 4 is 34.4 Å². The Kier molecular flexibility index (Phi) is 3.96. The number of thiophene rings is 1. The van der Waals surface area contributed by atoms with Crippen molar-refractivity contribution in [1.29, 1.82) is 0 Å².